The second-order valence-electron chi connectivity index (χ2n) is 3.96. The summed E-state index contributed by atoms with van der Waals surface area (Å²) >= 11 is 0. The van der Waals surface area contributed by atoms with Crippen LogP contribution in [0.3, 0.4) is 0 Å². The summed E-state index contributed by atoms with van der Waals surface area (Å²) in [5.74, 6) is 0. The number of benzene rings is 1. The van der Waals surface area contributed by atoms with E-state index >= 15 is 0 Å². The molecular weight excluding hydrogens is 234 g/mol. The molecule has 0 N–H and O–H groups in total. The maximum absolute atomic E-state index is 11.3. The first-order valence-corrected chi connectivity index (χ1v) is 7.18. The Kier molecular flexibility index (Phi) is 3.24. The molecule has 0 aliphatic carbocycles. The predicted molar refractivity (Wildman–Crippen MR) is 65.3 cm³/mol. The van der Waals surface area contributed by atoms with Crippen molar-refractivity contribution in [3.8, 4) is 0 Å². The van der Waals surface area contributed by atoms with Crippen LogP contribution in [-0.4, -0.2) is 14.7 Å². The lowest BCUT2D eigenvalue weighted by atomic mass is 10.2. The Hall–Kier alpha value is -1.68. The molecule has 0 unspecified atom stereocenters. The lowest BCUT2D eigenvalue weighted by molar-refractivity contribution is -0.688. The first kappa shape index (κ1) is 11.8. The van der Waals surface area contributed by atoms with Crippen LogP contribution in [0.15, 0.2) is 59.8 Å². The molecule has 88 valence electrons. The van der Waals surface area contributed by atoms with Gasteiger partial charge in [-0.3, -0.25) is 0 Å². The Labute approximate surface area is 101 Å². The van der Waals surface area contributed by atoms with Crippen LogP contribution in [0.4, 0.5) is 0 Å². The summed E-state index contributed by atoms with van der Waals surface area (Å²) in [6, 6.07) is 12.9. The first-order valence-electron chi connectivity index (χ1n) is 5.29. The molecule has 0 aliphatic rings. The third-order valence-corrected chi connectivity index (χ3v) is 3.62. The van der Waals surface area contributed by atoms with Gasteiger partial charge >= 0.3 is 0 Å². The van der Waals surface area contributed by atoms with Gasteiger partial charge in [0.25, 0.3) is 0 Å². The number of sulfone groups is 1. The fourth-order valence-electron chi connectivity index (χ4n) is 1.59. The normalized spacial score (nSPS) is 11.4. The highest BCUT2D eigenvalue weighted by Crippen LogP contribution is 2.09. The first-order chi connectivity index (χ1) is 8.05. The van der Waals surface area contributed by atoms with Crippen LogP contribution in [0.2, 0.25) is 0 Å². The van der Waals surface area contributed by atoms with E-state index in [0.29, 0.717) is 4.90 Å². The van der Waals surface area contributed by atoms with E-state index in [0.717, 1.165) is 12.1 Å². The second kappa shape index (κ2) is 4.67. The predicted octanol–water partition coefficient (Wildman–Crippen LogP) is 1.43. The Morgan fingerprint density at radius 2 is 1.59 bits per heavy atom. The summed E-state index contributed by atoms with van der Waals surface area (Å²) in [5, 5.41) is 0. The van der Waals surface area contributed by atoms with Crippen molar-refractivity contribution in [2.24, 2.45) is 0 Å². The van der Waals surface area contributed by atoms with Crippen molar-refractivity contribution in [2.45, 2.75) is 11.4 Å². The fraction of sp³-hybridized carbons (Fsp3) is 0.154. The van der Waals surface area contributed by atoms with Gasteiger partial charge in [0, 0.05) is 24.0 Å². The lowest BCUT2D eigenvalue weighted by Gasteiger charge is -2.00. The maximum atomic E-state index is 11.3. The Morgan fingerprint density at radius 3 is 2.12 bits per heavy atom. The highest BCUT2D eigenvalue weighted by atomic mass is 32.2. The van der Waals surface area contributed by atoms with Gasteiger partial charge < -0.3 is 0 Å². The summed E-state index contributed by atoms with van der Waals surface area (Å²) < 4.78 is 24.6. The monoisotopic (exact) mass is 248 g/mol. The molecule has 0 atom stereocenters. The molecule has 2 aromatic rings. The van der Waals surface area contributed by atoms with Crippen molar-refractivity contribution in [3.63, 3.8) is 0 Å². The van der Waals surface area contributed by atoms with Gasteiger partial charge in [0.1, 0.15) is 0 Å². The maximum Gasteiger partial charge on any atom is 0.175 e. The van der Waals surface area contributed by atoms with E-state index in [2.05, 4.69) is 0 Å². The molecule has 1 heterocycles. The summed E-state index contributed by atoms with van der Waals surface area (Å²) in [6.45, 7) is 0.741. The van der Waals surface area contributed by atoms with Gasteiger partial charge in [-0.1, -0.05) is 18.2 Å². The quantitative estimate of drug-likeness (QED) is 0.771. The number of nitrogens with zero attached hydrogens (tertiary/aromatic N) is 1. The molecule has 17 heavy (non-hydrogen) atoms. The minimum atomic E-state index is -3.10. The molecule has 0 aliphatic heterocycles. The number of hydrogen-bond acceptors (Lipinski definition) is 2. The van der Waals surface area contributed by atoms with Crippen LogP contribution in [0, 0.1) is 0 Å². The van der Waals surface area contributed by atoms with Crippen LogP contribution < -0.4 is 4.57 Å². The molecule has 4 heteroatoms. The standard InChI is InChI=1S/C13H14NO2S/c1-17(15,16)13-7-5-12(6-8-13)11-14-9-3-2-4-10-14/h2-10H,11H2,1H3/q+1. The number of aromatic nitrogens is 1. The highest BCUT2D eigenvalue weighted by Gasteiger charge is 2.07. The Balaban J connectivity index is 2.20. The fourth-order valence-corrected chi connectivity index (χ4v) is 2.22. The van der Waals surface area contributed by atoms with E-state index in [1.165, 1.54) is 6.26 Å². The average Bonchev–Trinajstić information content (AvgIpc) is 2.30. The zero-order valence-electron chi connectivity index (χ0n) is 9.58. The molecule has 0 saturated carbocycles. The molecule has 0 fully saturated rings. The van der Waals surface area contributed by atoms with Crippen molar-refractivity contribution in [1.82, 2.24) is 0 Å². The third-order valence-electron chi connectivity index (χ3n) is 2.49. The smallest absolute Gasteiger partial charge is 0.175 e. The third kappa shape index (κ3) is 3.14. The van der Waals surface area contributed by atoms with Gasteiger partial charge in [-0.15, -0.1) is 0 Å². The van der Waals surface area contributed by atoms with Gasteiger partial charge in [-0.2, -0.15) is 0 Å². The average molecular weight is 248 g/mol. The van der Waals surface area contributed by atoms with E-state index in [9.17, 15) is 8.42 Å². The van der Waals surface area contributed by atoms with Crippen molar-refractivity contribution >= 4 is 9.84 Å². The minimum absolute atomic E-state index is 0.360. The van der Waals surface area contributed by atoms with Crippen LogP contribution in [0.5, 0.6) is 0 Å². The molecule has 0 spiro atoms. The van der Waals surface area contributed by atoms with Crippen molar-refractivity contribution in [3.05, 3.63) is 60.4 Å². The topological polar surface area (TPSA) is 38.0 Å². The van der Waals surface area contributed by atoms with Crippen LogP contribution in [0.1, 0.15) is 5.56 Å². The summed E-state index contributed by atoms with van der Waals surface area (Å²) in [4.78, 5) is 0.360. The lowest BCUT2D eigenvalue weighted by Crippen LogP contribution is -2.32. The summed E-state index contributed by atoms with van der Waals surface area (Å²) in [6.07, 6.45) is 5.17. The molecule has 1 aromatic carbocycles. The van der Waals surface area contributed by atoms with Gasteiger partial charge in [0.05, 0.1) is 4.90 Å². The van der Waals surface area contributed by atoms with E-state index in [1.807, 2.05) is 47.3 Å². The van der Waals surface area contributed by atoms with Crippen molar-refractivity contribution in [2.75, 3.05) is 6.26 Å². The molecule has 2 rings (SSSR count). The minimum Gasteiger partial charge on any atom is -0.224 e. The number of rotatable bonds is 3. The molecule has 0 radical (unpaired) electrons. The molecule has 3 nitrogen and oxygen atoms in total. The molecular formula is C13H14NO2S+. The SMILES string of the molecule is CS(=O)(=O)c1ccc(C[n+]2ccccc2)cc1. The molecule has 0 saturated heterocycles. The zero-order valence-corrected chi connectivity index (χ0v) is 10.4. The van der Waals surface area contributed by atoms with E-state index in [1.54, 1.807) is 12.1 Å². The Morgan fingerprint density at radius 1 is 1.00 bits per heavy atom. The molecule has 1 aromatic heterocycles. The molecule has 0 amide bonds. The van der Waals surface area contributed by atoms with E-state index in [-0.39, 0.29) is 0 Å². The van der Waals surface area contributed by atoms with Gasteiger partial charge in [-0.05, 0) is 12.1 Å². The van der Waals surface area contributed by atoms with Crippen LogP contribution >= 0.6 is 0 Å². The number of pyridine rings is 1. The van der Waals surface area contributed by atoms with Crippen molar-refractivity contribution < 1.29 is 13.0 Å². The second-order valence-corrected chi connectivity index (χ2v) is 5.98. The number of hydrogen-bond donors (Lipinski definition) is 0. The van der Waals surface area contributed by atoms with Gasteiger partial charge in [0.15, 0.2) is 28.8 Å². The Bertz CT molecular complexity index is 589. The van der Waals surface area contributed by atoms with Crippen molar-refractivity contribution in [1.29, 1.82) is 0 Å². The van der Waals surface area contributed by atoms with Crippen LogP contribution in [-0.2, 0) is 16.4 Å². The molecule has 0 bridgehead atoms. The van der Waals surface area contributed by atoms with E-state index < -0.39 is 9.84 Å². The largest absolute Gasteiger partial charge is 0.224 e. The van der Waals surface area contributed by atoms with Gasteiger partial charge in [-0.25, -0.2) is 13.0 Å². The van der Waals surface area contributed by atoms with Crippen LogP contribution in [0.25, 0.3) is 0 Å². The van der Waals surface area contributed by atoms with Gasteiger partial charge in [0.2, 0.25) is 0 Å². The van der Waals surface area contributed by atoms with E-state index in [4.69, 9.17) is 0 Å². The summed E-state index contributed by atoms with van der Waals surface area (Å²) in [7, 11) is -3.10. The highest BCUT2D eigenvalue weighted by molar-refractivity contribution is 7.90. The zero-order chi connectivity index (χ0) is 12.3. The summed E-state index contributed by atoms with van der Waals surface area (Å²) in [5.41, 5.74) is 1.08.